The third kappa shape index (κ3) is 1.76. The molecule has 17 heavy (non-hydrogen) atoms. The molecule has 2 saturated heterocycles. The van der Waals surface area contributed by atoms with Crippen LogP contribution < -0.4 is 0 Å². The van der Waals surface area contributed by atoms with Crippen molar-refractivity contribution in [2.45, 2.75) is 43.4 Å². The number of pyridine rings is 1. The van der Waals surface area contributed by atoms with Gasteiger partial charge in [0, 0.05) is 12.1 Å². The van der Waals surface area contributed by atoms with Gasteiger partial charge in [0.15, 0.2) is 0 Å². The molecular formula is C13H17FN2O. The molecule has 2 bridgehead atoms. The average molecular weight is 236 g/mol. The van der Waals surface area contributed by atoms with Crippen LogP contribution in [0.4, 0.5) is 4.39 Å². The van der Waals surface area contributed by atoms with Crippen molar-refractivity contribution in [1.82, 2.24) is 9.88 Å². The van der Waals surface area contributed by atoms with E-state index in [0.717, 1.165) is 12.8 Å². The van der Waals surface area contributed by atoms with Crippen LogP contribution >= 0.6 is 0 Å². The van der Waals surface area contributed by atoms with E-state index in [1.807, 2.05) is 0 Å². The van der Waals surface area contributed by atoms with Gasteiger partial charge >= 0.3 is 0 Å². The Morgan fingerprint density at radius 2 is 2.00 bits per heavy atom. The second-order valence-corrected chi connectivity index (χ2v) is 5.35. The van der Waals surface area contributed by atoms with Crippen molar-refractivity contribution in [2.24, 2.45) is 0 Å². The molecule has 2 aliphatic rings. The topological polar surface area (TPSA) is 36.4 Å². The summed E-state index contributed by atoms with van der Waals surface area (Å²) < 4.78 is 12.9. The highest BCUT2D eigenvalue weighted by molar-refractivity contribution is 5.17. The Bertz CT molecular complexity index is 406. The van der Waals surface area contributed by atoms with Gasteiger partial charge in [0.05, 0.1) is 11.9 Å². The zero-order valence-electron chi connectivity index (χ0n) is 9.93. The fraction of sp³-hybridized carbons (Fsp3) is 0.615. The van der Waals surface area contributed by atoms with E-state index in [0.29, 0.717) is 30.6 Å². The van der Waals surface area contributed by atoms with Gasteiger partial charge in [0.2, 0.25) is 0 Å². The molecule has 3 rings (SSSR count). The smallest absolute Gasteiger partial charge is 0.141 e. The highest BCUT2D eigenvalue weighted by Gasteiger charge is 2.47. The van der Waals surface area contributed by atoms with Crippen molar-refractivity contribution in [3.63, 3.8) is 0 Å². The van der Waals surface area contributed by atoms with E-state index < -0.39 is 5.60 Å². The zero-order valence-corrected chi connectivity index (χ0v) is 9.93. The Morgan fingerprint density at radius 1 is 1.35 bits per heavy atom. The summed E-state index contributed by atoms with van der Waals surface area (Å²) in [7, 11) is 2.13. The second kappa shape index (κ2) is 3.75. The predicted molar refractivity (Wildman–Crippen MR) is 61.9 cm³/mol. The maximum absolute atomic E-state index is 12.9. The number of halogens is 1. The van der Waals surface area contributed by atoms with Crippen molar-refractivity contribution in [3.8, 4) is 0 Å². The summed E-state index contributed by atoms with van der Waals surface area (Å²) in [4.78, 5) is 6.41. The number of piperidine rings is 1. The largest absolute Gasteiger partial charge is 0.383 e. The summed E-state index contributed by atoms with van der Waals surface area (Å²) >= 11 is 0. The average Bonchev–Trinajstić information content (AvgIpc) is 2.53. The Balaban J connectivity index is 1.90. The maximum Gasteiger partial charge on any atom is 0.141 e. The normalized spacial score (nSPS) is 37.4. The molecule has 3 heterocycles. The molecule has 1 aromatic heterocycles. The van der Waals surface area contributed by atoms with Crippen LogP contribution in [0.3, 0.4) is 0 Å². The second-order valence-electron chi connectivity index (χ2n) is 5.35. The number of nitrogens with zero attached hydrogens (tertiary/aromatic N) is 2. The van der Waals surface area contributed by atoms with Gasteiger partial charge < -0.3 is 10.0 Å². The molecule has 2 atom stereocenters. The molecule has 2 unspecified atom stereocenters. The lowest BCUT2D eigenvalue weighted by Gasteiger charge is -2.41. The highest BCUT2D eigenvalue weighted by Crippen LogP contribution is 2.44. The molecule has 4 heteroatoms. The van der Waals surface area contributed by atoms with Gasteiger partial charge in [-0.05, 0) is 44.9 Å². The van der Waals surface area contributed by atoms with Gasteiger partial charge in [-0.15, -0.1) is 0 Å². The van der Waals surface area contributed by atoms with E-state index in [1.54, 1.807) is 6.07 Å². The molecule has 0 saturated carbocycles. The Kier molecular flexibility index (Phi) is 2.45. The van der Waals surface area contributed by atoms with Crippen LogP contribution in [0, 0.1) is 5.82 Å². The van der Waals surface area contributed by atoms with Gasteiger partial charge in [-0.25, -0.2) is 4.39 Å². The summed E-state index contributed by atoms with van der Waals surface area (Å²) in [6.07, 6.45) is 4.89. The maximum atomic E-state index is 12.9. The van der Waals surface area contributed by atoms with Crippen LogP contribution in [-0.2, 0) is 5.60 Å². The van der Waals surface area contributed by atoms with Crippen molar-refractivity contribution >= 4 is 0 Å². The molecule has 2 aliphatic heterocycles. The third-order valence-electron chi connectivity index (χ3n) is 4.34. The number of aromatic nitrogens is 1. The van der Waals surface area contributed by atoms with Gasteiger partial charge in [-0.3, -0.25) is 4.98 Å². The number of rotatable bonds is 1. The molecule has 0 aromatic carbocycles. The first-order valence-electron chi connectivity index (χ1n) is 6.15. The highest BCUT2D eigenvalue weighted by atomic mass is 19.1. The zero-order chi connectivity index (χ0) is 12.0. The van der Waals surface area contributed by atoms with Crippen LogP contribution in [-0.4, -0.2) is 34.1 Å². The molecule has 1 aromatic rings. The molecule has 0 spiro atoms. The van der Waals surface area contributed by atoms with Crippen molar-refractivity contribution in [2.75, 3.05) is 7.05 Å². The molecule has 0 aliphatic carbocycles. The monoisotopic (exact) mass is 236 g/mol. The number of fused-ring (bicyclic) bond motifs is 2. The standard InChI is InChI=1S/C13H17FN2O/c1-16-10-3-4-11(16)7-13(17,6-10)12-5-2-9(14)8-15-12/h2,5,8,10-11,17H,3-4,6-7H2,1H3. The lowest BCUT2D eigenvalue weighted by Crippen LogP contribution is -2.48. The van der Waals surface area contributed by atoms with Crippen LogP contribution in [0.1, 0.15) is 31.4 Å². The van der Waals surface area contributed by atoms with E-state index in [4.69, 9.17) is 0 Å². The fourth-order valence-corrected chi connectivity index (χ4v) is 3.31. The molecular weight excluding hydrogens is 219 g/mol. The molecule has 2 fully saturated rings. The van der Waals surface area contributed by atoms with Crippen LogP contribution in [0.25, 0.3) is 0 Å². The minimum Gasteiger partial charge on any atom is -0.383 e. The van der Waals surface area contributed by atoms with Gasteiger partial charge in [0.25, 0.3) is 0 Å². The quantitative estimate of drug-likeness (QED) is 0.805. The van der Waals surface area contributed by atoms with E-state index in [2.05, 4.69) is 16.9 Å². The third-order valence-corrected chi connectivity index (χ3v) is 4.34. The van der Waals surface area contributed by atoms with E-state index in [-0.39, 0.29) is 5.82 Å². The minimum atomic E-state index is -0.869. The Hall–Kier alpha value is -1.00. The number of hydrogen-bond donors (Lipinski definition) is 1. The Labute approximate surface area is 100 Å². The lowest BCUT2D eigenvalue weighted by atomic mass is 9.83. The van der Waals surface area contributed by atoms with E-state index >= 15 is 0 Å². The van der Waals surface area contributed by atoms with Crippen molar-refractivity contribution in [3.05, 3.63) is 29.8 Å². The number of aliphatic hydroxyl groups is 1. The summed E-state index contributed by atoms with van der Waals surface area (Å²) in [6, 6.07) is 3.86. The van der Waals surface area contributed by atoms with Crippen LogP contribution in [0.2, 0.25) is 0 Å². The van der Waals surface area contributed by atoms with E-state index in [1.165, 1.54) is 12.3 Å². The first kappa shape index (κ1) is 11.1. The van der Waals surface area contributed by atoms with Crippen molar-refractivity contribution in [1.29, 1.82) is 0 Å². The SMILES string of the molecule is CN1C2CCC1CC(O)(c1ccc(F)cn1)C2. The summed E-state index contributed by atoms with van der Waals surface area (Å²) in [5, 5.41) is 10.7. The molecule has 0 radical (unpaired) electrons. The predicted octanol–water partition coefficient (Wildman–Crippen LogP) is 1.66. The molecule has 92 valence electrons. The first-order valence-corrected chi connectivity index (χ1v) is 6.15. The fourth-order valence-electron chi connectivity index (χ4n) is 3.31. The molecule has 3 nitrogen and oxygen atoms in total. The van der Waals surface area contributed by atoms with Crippen molar-refractivity contribution < 1.29 is 9.50 Å². The van der Waals surface area contributed by atoms with Crippen LogP contribution in [0.15, 0.2) is 18.3 Å². The van der Waals surface area contributed by atoms with Gasteiger partial charge in [-0.2, -0.15) is 0 Å². The summed E-state index contributed by atoms with van der Waals surface area (Å²) in [5.41, 5.74) is -0.254. The Morgan fingerprint density at radius 3 is 2.53 bits per heavy atom. The minimum absolute atomic E-state index is 0.353. The molecule has 0 amide bonds. The van der Waals surface area contributed by atoms with Gasteiger partial charge in [0.1, 0.15) is 11.4 Å². The lowest BCUT2D eigenvalue weighted by molar-refractivity contribution is -0.0524. The van der Waals surface area contributed by atoms with Gasteiger partial charge in [-0.1, -0.05) is 0 Å². The first-order chi connectivity index (χ1) is 8.08. The molecule has 1 N–H and O–H groups in total. The van der Waals surface area contributed by atoms with Crippen LogP contribution in [0.5, 0.6) is 0 Å². The number of hydrogen-bond acceptors (Lipinski definition) is 3. The van der Waals surface area contributed by atoms with E-state index in [9.17, 15) is 9.50 Å². The summed E-state index contributed by atoms with van der Waals surface area (Å²) in [5.74, 6) is -0.353. The summed E-state index contributed by atoms with van der Waals surface area (Å²) in [6.45, 7) is 0.